The Balaban J connectivity index is 1.86. The van der Waals surface area contributed by atoms with E-state index in [4.69, 9.17) is 27.6 Å². The number of hydrazone groups is 1. The lowest BCUT2D eigenvalue weighted by Gasteiger charge is -2.12. The number of anilines is 1. The Bertz CT molecular complexity index is 816. The highest BCUT2D eigenvalue weighted by molar-refractivity contribution is 6.36. The highest BCUT2D eigenvalue weighted by Gasteiger charge is 2.28. The molecule has 0 unspecified atom stereocenters. The van der Waals surface area contributed by atoms with E-state index in [-0.39, 0.29) is 5.91 Å². The number of hydrogen-bond acceptors (Lipinski definition) is 3. The quantitative estimate of drug-likeness (QED) is 0.738. The molecule has 1 aromatic heterocycles. The molecule has 1 aromatic carbocycles. The summed E-state index contributed by atoms with van der Waals surface area (Å²) in [5, 5.41) is 6.46. The van der Waals surface area contributed by atoms with Gasteiger partial charge in [0.1, 0.15) is 5.76 Å². The van der Waals surface area contributed by atoms with Crippen LogP contribution in [0.2, 0.25) is 10.0 Å². The van der Waals surface area contributed by atoms with E-state index in [1.165, 1.54) is 5.01 Å². The van der Waals surface area contributed by atoms with E-state index in [9.17, 15) is 4.79 Å². The molecule has 0 fully saturated rings. The molecular weight excluding hydrogens is 335 g/mol. The average Bonchev–Trinajstić information content (AvgIpc) is 3.09. The van der Waals surface area contributed by atoms with Gasteiger partial charge in [0, 0.05) is 10.0 Å². The molecular formula is C17H12Cl2N2O2. The molecule has 4 nitrogen and oxygen atoms in total. The fourth-order valence-corrected chi connectivity index (χ4v) is 2.69. The van der Waals surface area contributed by atoms with Crippen molar-refractivity contribution >= 4 is 46.6 Å². The predicted molar refractivity (Wildman–Crippen MR) is 92.9 cm³/mol. The van der Waals surface area contributed by atoms with Crippen LogP contribution in [-0.4, -0.2) is 11.6 Å². The lowest BCUT2D eigenvalue weighted by Crippen LogP contribution is -2.21. The van der Waals surface area contributed by atoms with Gasteiger partial charge in [-0.2, -0.15) is 10.1 Å². The number of amides is 1. The van der Waals surface area contributed by atoms with Gasteiger partial charge in [-0.25, -0.2) is 0 Å². The number of halogens is 2. The van der Waals surface area contributed by atoms with Gasteiger partial charge in [-0.15, -0.1) is 0 Å². The minimum absolute atomic E-state index is 0.232. The molecule has 0 radical (unpaired) electrons. The van der Waals surface area contributed by atoms with Crippen LogP contribution in [0.25, 0.3) is 6.08 Å². The topological polar surface area (TPSA) is 45.8 Å². The second kappa shape index (κ2) is 6.44. The Kier molecular flexibility index (Phi) is 4.37. The fourth-order valence-electron chi connectivity index (χ4n) is 2.17. The molecule has 23 heavy (non-hydrogen) atoms. The van der Waals surface area contributed by atoms with Crippen LogP contribution in [0, 0.1) is 0 Å². The molecule has 1 amide bonds. The Morgan fingerprint density at radius 1 is 1.22 bits per heavy atom. The van der Waals surface area contributed by atoms with Gasteiger partial charge in [0.25, 0.3) is 5.91 Å². The summed E-state index contributed by atoms with van der Waals surface area (Å²) >= 11 is 12.0. The smallest absolute Gasteiger partial charge is 0.280 e. The molecule has 116 valence electrons. The van der Waals surface area contributed by atoms with Crippen LogP contribution in [0.4, 0.5) is 5.69 Å². The third-order valence-electron chi connectivity index (χ3n) is 3.22. The van der Waals surface area contributed by atoms with Crippen molar-refractivity contribution < 1.29 is 9.21 Å². The molecule has 1 aliphatic rings. The van der Waals surface area contributed by atoms with E-state index in [1.807, 2.05) is 6.07 Å². The summed E-state index contributed by atoms with van der Waals surface area (Å²) in [6, 6.07) is 8.51. The zero-order chi connectivity index (χ0) is 16.4. The van der Waals surface area contributed by atoms with E-state index >= 15 is 0 Å². The summed E-state index contributed by atoms with van der Waals surface area (Å²) in [4.78, 5) is 12.5. The Morgan fingerprint density at radius 2 is 1.96 bits per heavy atom. The van der Waals surface area contributed by atoms with Crippen LogP contribution in [0.5, 0.6) is 0 Å². The van der Waals surface area contributed by atoms with E-state index in [0.29, 0.717) is 32.8 Å². The summed E-state index contributed by atoms with van der Waals surface area (Å²) in [6.07, 6.45) is 6.81. The van der Waals surface area contributed by atoms with Gasteiger partial charge in [0.15, 0.2) is 0 Å². The predicted octanol–water partition coefficient (Wildman–Crippen LogP) is 4.95. The van der Waals surface area contributed by atoms with Crippen LogP contribution in [0.3, 0.4) is 0 Å². The summed E-state index contributed by atoms with van der Waals surface area (Å²) in [5.74, 6) is 0.477. The first-order valence-corrected chi connectivity index (χ1v) is 7.58. The van der Waals surface area contributed by atoms with Gasteiger partial charge in [-0.3, -0.25) is 4.79 Å². The van der Waals surface area contributed by atoms with Crippen LogP contribution in [-0.2, 0) is 4.79 Å². The van der Waals surface area contributed by atoms with Crippen LogP contribution >= 0.6 is 23.2 Å². The number of nitrogens with zero attached hydrogens (tertiary/aromatic N) is 2. The first kappa shape index (κ1) is 15.6. The molecule has 6 heteroatoms. The van der Waals surface area contributed by atoms with E-state index in [2.05, 4.69) is 5.10 Å². The van der Waals surface area contributed by atoms with Crippen molar-refractivity contribution in [3.05, 3.63) is 70.1 Å². The minimum atomic E-state index is -0.232. The van der Waals surface area contributed by atoms with Crippen molar-refractivity contribution in [1.29, 1.82) is 0 Å². The summed E-state index contributed by atoms with van der Waals surface area (Å²) in [5.41, 5.74) is 1.66. The second-order valence-corrected chi connectivity index (χ2v) is 5.76. The Morgan fingerprint density at radius 3 is 2.61 bits per heavy atom. The van der Waals surface area contributed by atoms with Crippen molar-refractivity contribution in [2.45, 2.75) is 6.92 Å². The molecule has 2 heterocycles. The van der Waals surface area contributed by atoms with E-state index in [1.54, 1.807) is 55.7 Å². The van der Waals surface area contributed by atoms with Crippen LogP contribution in [0.1, 0.15) is 12.7 Å². The largest absolute Gasteiger partial charge is 0.465 e. The lowest BCUT2D eigenvalue weighted by molar-refractivity contribution is -0.114. The second-order valence-electron chi connectivity index (χ2n) is 4.88. The van der Waals surface area contributed by atoms with E-state index in [0.717, 1.165) is 0 Å². The van der Waals surface area contributed by atoms with Crippen molar-refractivity contribution in [3.63, 3.8) is 0 Å². The molecule has 0 aliphatic carbocycles. The fraction of sp³-hybridized carbons (Fsp3) is 0.0588. The van der Waals surface area contributed by atoms with Gasteiger partial charge in [0.05, 0.1) is 23.2 Å². The number of carbonyl (C=O) groups excluding carboxylic acids is 1. The summed E-state index contributed by atoms with van der Waals surface area (Å²) in [6.45, 7) is 1.77. The van der Waals surface area contributed by atoms with E-state index < -0.39 is 0 Å². The Labute approximate surface area is 143 Å². The van der Waals surface area contributed by atoms with Gasteiger partial charge in [-0.05, 0) is 49.4 Å². The minimum Gasteiger partial charge on any atom is -0.465 e. The SMILES string of the molecule is CC1=NN(c2cc(Cl)cc(Cl)c2)C(=O)/C1=C/C=C/c1ccco1. The van der Waals surface area contributed by atoms with Gasteiger partial charge in [0.2, 0.25) is 0 Å². The summed E-state index contributed by atoms with van der Waals surface area (Å²) < 4.78 is 5.20. The number of carbonyl (C=O) groups is 1. The Hall–Kier alpha value is -2.30. The van der Waals surface area contributed by atoms with Crippen LogP contribution in [0.15, 0.2) is 63.8 Å². The zero-order valence-corrected chi connectivity index (χ0v) is 13.7. The third kappa shape index (κ3) is 3.38. The summed E-state index contributed by atoms with van der Waals surface area (Å²) in [7, 11) is 0. The molecule has 0 saturated heterocycles. The number of furan rings is 1. The molecule has 0 saturated carbocycles. The number of allylic oxidation sites excluding steroid dienone is 2. The highest BCUT2D eigenvalue weighted by atomic mass is 35.5. The molecule has 0 bridgehead atoms. The number of rotatable bonds is 3. The zero-order valence-electron chi connectivity index (χ0n) is 12.2. The standard InChI is InChI=1S/C17H12Cl2N2O2/c1-11-16(6-2-4-15-5-3-7-23-15)17(22)21(20-11)14-9-12(18)8-13(19)10-14/h2-10H,1H3/b4-2+,16-6+. The highest BCUT2D eigenvalue weighted by Crippen LogP contribution is 2.29. The third-order valence-corrected chi connectivity index (χ3v) is 3.66. The maximum absolute atomic E-state index is 12.5. The normalized spacial score (nSPS) is 16.7. The molecule has 1 aliphatic heterocycles. The van der Waals surface area contributed by atoms with Gasteiger partial charge < -0.3 is 4.42 Å². The van der Waals surface area contributed by atoms with Crippen molar-refractivity contribution in [2.75, 3.05) is 5.01 Å². The average molecular weight is 347 g/mol. The van der Waals surface area contributed by atoms with Crippen molar-refractivity contribution in [2.24, 2.45) is 5.10 Å². The maximum Gasteiger partial charge on any atom is 0.280 e. The maximum atomic E-state index is 12.5. The lowest BCUT2D eigenvalue weighted by atomic mass is 10.1. The molecule has 2 aromatic rings. The molecule has 0 atom stereocenters. The molecule has 0 spiro atoms. The molecule has 0 N–H and O–H groups in total. The van der Waals surface area contributed by atoms with Crippen LogP contribution < -0.4 is 5.01 Å². The van der Waals surface area contributed by atoms with Crippen molar-refractivity contribution in [1.82, 2.24) is 0 Å². The molecule has 3 rings (SSSR count). The first-order chi connectivity index (χ1) is 11.0. The van der Waals surface area contributed by atoms with Gasteiger partial charge >= 0.3 is 0 Å². The van der Waals surface area contributed by atoms with Crippen molar-refractivity contribution in [3.8, 4) is 0 Å². The number of benzene rings is 1. The first-order valence-electron chi connectivity index (χ1n) is 6.82. The number of hydrogen-bond donors (Lipinski definition) is 0. The van der Waals surface area contributed by atoms with Gasteiger partial charge in [-0.1, -0.05) is 29.3 Å². The monoisotopic (exact) mass is 346 g/mol.